The van der Waals surface area contributed by atoms with Crippen LogP contribution >= 0.6 is 0 Å². The van der Waals surface area contributed by atoms with Crippen molar-refractivity contribution in [1.29, 1.82) is 0 Å². The molecule has 0 saturated heterocycles. The number of fused-ring (bicyclic) bond motifs is 2. The van der Waals surface area contributed by atoms with Gasteiger partial charge in [-0.3, -0.25) is 0 Å². The van der Waals surface area contributed by atoms with Crippen molar-refractivity contribution in [3.63, 3.8) is 0 Å². The highest BCUT2D eigenvalue weighted by Gasteiger charge is 2.30. The van der Waals surface area contributed by atoms with Crippen LogP contribution in [0.3, 0.4) is 0 Å². The van der Waals surface area contributed by atoms with Crippen LogP contribution in [0.25, 0.3) is 22.6 Å². The average molecular weight is 432 g/mol. The molecule has 4 aromatic rings. The second-order valence-corrected chi connectivity index (χ2v) is 8.87. The Morgan fingerprint density at radius 3 is 2.59 bits per heavy atom. The molecule has 0 spiro atoms. The molecular weight excluding hydrogens is 402 g/mol. The molecule has 32 heavy (non-hydrogen) atoms. The summed E-state index contributed by atoms with van der Waals surface area (Å²) < 4.78 is 4.37. The number of imidazole rings is 2. The third kappa shape index (κ3) is 3.41. The summed E-state index contributed by atoms with van der Waals surface area (Å²) in [5.74, 6) is 2.75. The van der Waals surface area contributed by atoms with Crippen molar-refractivity contribution in [2.45, 2.75) is 66.1 Å². The van der Waals surface area contributed by atoms with E-state index in [-0.39, 0.29) is 6.04 Å². The maximum atomic E-state index is 4.93. The van der Waals surface area contributed by atoms with E-state index in [4.69, 9.17) is 4.98 Å². The lowest BCUT2D eigenvalue weighted by atomic mass is 9.86. The van der Waals surface area contributed by atoms with Gasteiger partial charge >= 0.3 is 0 Å². The maximum absolute atomic E-state index is 4.93. The highest BCUT2D eigenvalue weighted by atomic mass is 15.2. The fraction of sp³-hybridized carbons (Fsp3) is 0.478. The molecule has 1 aliphatic rings. The Morgan fingerprint density at radius 2 is 1.88 bits per heavy atom. The molecule has 4 aromatic heterocycles. The van der Waals surface area contributed by atoms with Crippen molar-refractivity contribution in [3.8, 4) is 11.4 Å². The Hall–Kier alpha value is -3.36. The normalized spacial score (nSPS) is 18.3. The third-order valence-corrected chi connectivity index (χ3v) is 6.36. The van der Waals surface area contributed by atoms with Crippen molar-refractivity contribution >= 4 is 17.0 Å². The van der Waals surface area contributed by atoms with Crippen LogP contribution in [0.15, 0.2) is 25.0 Å². The van der Waals surface area contributed by atoms with Gasteiger partial charge in [0.05, 0.1) is 17.6 Å². The highest BCUT2D eigenvalue weighted by molar-refractivity contribution is 5.86. The first kappa shape index (κ1) is 20.5. The predicted octanol–water partition coefficient (Wildman–Crippen LogP) is 3.60. The van der Waals surface area contributed by atoms with E-state index in [0.717, 1.165) is 53.6 Å². The minimum Gasteiger partial charge on any atom is -0.365 e. The summed E-state index contributed by atoms with van der Waals surface area (Å²) in [6.07, 6.45) is 9.09. The molecule has 0 bridgehead atoms. The lowest BCUT2D eigenvalue weighted by Crippen LogP contribution is -2.36. The van der Waals surface area contributed by atoms with E-state index >= 15 is 0 Å². The van der Waals surface area contributed by atoms with Crippen LogP contribution in [-0.4, -0.2) is 45.1 Å². The largest absolute Gasteiger partial charge is 0.365 e. The van der Waals surface area contributed by atoms with E-state index in [1.807, 2.05) is 25.6 Å². The minimum atomic E-state index is 0.243. The van der Waals surface area contributed by atoms with Gasteiger partial charge in [0.2, 0.25) is 0 Å². The molecule has 1 aliphatic carbocycles. The van der Waals surface area contributed by atoms with Crippen molar-refractivity contribution in [1.82, 2.24) is 39.0 Å². The van der Waals surface area contributed by atoms with Crippen LogP contribution in [0.1, 0.15) is 50.9 Å². The molecule has 4 heterocycles. The molecule has 0 amide bonds. The monoisotopic (exact) mass is 431 g/mol. The molecule has 0 radical (unpaired) electrons. The third-order valence-electron chi connectivity index (χ3n) is 6.36. The summed E-state index contributed by atoms with van der Waals surface area (Å²) >= 11 is 0. The SMILES string of the molecule is CCn1c(-c2cnc(C)nc2)nc2c(N[C@@H]3Cc4c(ncn4C(C)C)C[C@H]3C)ncnc21. The topological polar surface area (TPSA) is 99.2 Å². The Labute approximate surface area is 187 Å². The number of aryl methyl sites for hydroxylation is 2. The van der Waals surface area contributed by atoms with E-state index in [0.29, 0.717) is 12.0 Å². The number of aromatic nitrogens is 8. The number of nitrogens with one attached hydrogen (secondary N) is 1. The van der Waals surface area contributed by atoms with Crippen LogP contribution in [0.2, 0.25) is 0 Å². The van der Waals surface area contributed by atoms with Gasteiger partial charge in [-0.25, -0.2) is 29.9 Å². The summed E-state index contributed by atoms with van der Waals surface area (Å²) in [6.45, 7) is 11.4. The number of anilines is 1. The van der Waals surface area contributed by atoms with Crippen molar-refractivity contribution in [2.75, 3.05) is 5.32 Å². The second-order valence-electron chi connectivity index (χ2n) is 8.87. The van der Waals surface area contributed by atoms with Crippen molar-refractivity contribution in [2.24, 2.45) is 5.92 Å². The summed E-state index contributed by atoms with van der Waals surface area (Å²) in [4.78, 5) is 27.4. The molecule has 5 rings (SSSR count). The predicted molar refractivity (Wildman–Crippen MR) is 123 cm³/mol. The number of nitrogens with zero attached hydrogens (tertiary/aromatic N) is 8. The molecule has 0 aromatic carbocycles. The quantitative estimate of drug-likeness (QED) is 0.515. The first-order chi connectivity index (χ1) is 15.5. The molecule has 166 valence electrons. The smallest absolute Gasteiger partial charge is 0.165 e. The molecule has 9 heteroatoms. The van der Waals surface area contributed by atoms with E-state index in [9.17, 15) is 0 Å². The molecule has 0 fully saturated rings. The zero-order chi connectivity index (χ0) is 22.4. The molecule has 0 unspecified atom stereocenters. The maximum Gasteiger partial charge on any atom is 0.165 e. The molecule has 0 saturated carbocycles. The van der Waals surface area contributed by atoms with Gasteiger partial charge in [0, 0.05) is 43.1 Å². The van der Waals surface area contributed by atoms with E-state index in [1.165, 1.54) is 11.4 Å². The summed E-state index contributed by atoms with van der Waals surface area (Å²) in [5.41, 5.74) is 5.00. The Morgan fingerprint density at radius 1 is 1.09 bits per heavy atom. The fourth-order valence-corrected chi connectivity index (χ4v) is 4.56. The summed E-state index contributed by atoms with van der Waals surface area (Å²) in [7, 11) is 0. The molecule has 1 N–H and O–H groups in total. The van der Waals surface area contributed by atoms with E-state index in [2.05, 4.69) is 67.1 Å². The second kappa shape index (κ2) is 7.96. The fourth-order valence-electron chi connectivity index (χ4n) is 4.56. The molecule has 9 nitrogen and oxygen atoms in total. The van der Waals surface area contributed by atoms with Gasteiger partial charge in [-0.2, -0.15) is 0 Å². The lowest BCUT2D eigenvalue weighted by molar-refractivity contribution is 0.426. The van der Waals surface area contributed by atoms with Gasteiger partial charge in [-0.1, -0.05) is 6.92 Å². The van der Waals surface area contributed by atoms with Gasteiger partial charge in [-0.05, 0) is 40.0 Å². The molecule has 2 atom stereocenters. The standard InChI is InChI=1S/C23H29N9/c1-6-31-22(16-9-24-15(5)25-10-16)30-20-21(26-11-27-23(20)31)29-17-8-19-18(7-14(17)4)28-12-32(19)13(2)3/h9-14,17H,6-8H2,1-5H3,(H,26,27,29)/t14-,17-/m1/s1. The van der Waals surface area contributed by atoms with Gasteiger partial charge in [-0.15, -0.1) is 0 Å². The van der Waals surface area contributed by atoms with Crippen molar-refractivity contribution in [3.05, 3.63) is 42.3 Å². The van der Waals surface area contributed by atoms with Gasteiger partial charge in [0.25, 0.3) is 0 Å². The van der Waals surface area contributed by atoms with Gasteiger partial charge in [0.15, 0.2) is 17.0 Å². The zero-order valence-electron chi connectivity index (χ0n) is 19.2. The first-order valence-corrected chi connectivity index (χ1v) is 11.3. The zero-order valence-corrected chi connectivity index (χ0v) is 19.2. The number of hydrogen-bond acceptors (Lipinski definition) is 7. The Bertz CT molecular complexity index is 1250. The highest BCUT2D eigenvalue weighted by Crippen LogP contribution is 2.31. The summed E-state index contributed by atoms with van der Waals surface area (Å²) in [5, 5.41) is 3.70. The Balaban J connectivity index is 1.52. The number of hydrogen-bond donors (Lipinski definition) is 1. The van der Waals surface area contributed by atoms with Crippen LogP contribution in [0, 0.1) is 12.8 Å². The molecular formula is C23H29N9. The summed E-state index contributed by atoms with van der Waals surface area (Å²) in [6, 6.07) is 0.637. The van der Waals surface area contributed by atoms with Crippen LogP contribution in [-0.2, 0) is 19.4 Å². The first-order valence-electron chi connectivity index (χ1n) is 11.3. The Kier molecular flexibility index (Phi) is 5.11. The van der Waals surface area contributed by atoms with Crippen molar-refractivity contribution < 1.29 is 0 Å². The van der Waals surface area contributed by atoms with E-state index in [1.54, 1.807) is 6.33 Å². The van der Waals surface area contributed by atoms with E-state index < -0.39 is 0 Å². The van der Waals surface area contributed by atoms with Crippen LogP contribution in [0.5, 0.6) is 0 Å². The van der Waals surface area contributed by atoms with Crippen LogP contribution in [0.4, 0.5) is 5.82 Å². The van der Waals surface area contributed by atoms with Gasteiger partial charge in [0.1, 0.15) is 18.0 Å². The van der Waals surface area contributed by atoms with Crippen LogP contribution < -0.4 is 5.32 Å². The van der Waals surface area contributed by atoms with Gasteiger partial charge < -0.3 is 14.5 Å². The number of rotatable bonds is 5. The lowest BCUT2D eigenvalue weighted by Gasteiger charge is -2.31. The minimum absolute atomic E-state index is 0.243. The average Bonchev–Trinajstić information content (AvgIpc) is 3.36. The molecule has 0 aliphatic heterocycles.